The van der Waals surface area contributed by atoms with Crippen molar-refractivity contribution in [2.75, 3.05) is 13.2 Å². The van der Waals surface area contributed by atoms with Crippen molar-refractivity contribution < 1.29 is 27.5 Å². The summed E-state index contributed by atoms with van der Waals surface area (Å²) in [5.41, 5.74) is -1.22. The minimum Gasteiger partial charge on any atom is -0.483 e. The zero-order chi connectivity index (χ0) is 15.2. The van der Waals surface area contributed by atoms with Gasteiger partial charge < -0.3 is 10.1 Å². The molecule has 20 heavy (non-hydrogen) atoms. The lowest BCUT2D eigenvalue weighted by molar-refractivity contribution is -0.139. The summed E-state index contributed by atoms with van der Waals surface area (Å²) in [7, 11) is 0. The van der Waals surface area contributed by atoms with E-state index < -0.39 is 30.0 Å². The Morgan fingerprint density at radius 2 is 2.10 bits per heavy atom. The first-order valence-electron chi connectivity index (χ1n) is 5.55. The molecule has 7 heteroatoms. The zero-order valence-electron chi connectivity index (χ0n) is 10.4. The van der Waals surface area contributed by atoms with Crippen molar-refractivity contribution in [1.29, 1.82) is 0 Å². The minimum atomic E-state index is -4.67. The molecule has 0 aliphatic heterocycles. The molecule has 0 unspecified atom stereocenters. The van der Waals surface area contributed by atoms with Crippen molar-refractivity contribution in [3.05, 3.63) is 42.0 Å². The number of carbonyl (C=O) groups excluding carboxylic acids is 2. The van der Waals surface area contributed by atoms with Gasteiger partial charge in [-0.1, -0.05) is 6.08 Å². The average Bonchev–Trinajstić information content (AvgIpc) is 2.41. The molecule has 0 fully saturated rings. The summed E-state index contributed by atoms with van der Waals surface area (Å²) in [6.07, 6.45) is -2.94. The molecule has 0 aliphatic rings. The first-order valence-corrected chi connectivity index (χ1v) is 5.55. The molecule has 0 bridgehead atoms. The minimum absolute atomic E-state index is 0.124. The van der Waals surface area contributed by atoms with Gasteiger partial charge in [0.25, 0.3) is 5.91 Å². The Balaban J connectivity index is 2.86. The summed E-state index contributed by atoms with van der Waals surface area (Å²) in [5, 5.41) is 2.36. The summed E-state index contributed by atoms with van der Waals surface area (Å²) in [6, 6.07) is 2.86. The number of aldehydes is 1. The molecular formula is C13H12F3NO3. The van der Waals surface area contributed by atoms with Crippen LogP contribution in [0, 0.1) is 0 Å². The number of hydrogen-bond donors (Lipinski definition) is 1. The van der Waals surface area contributed by atoms with Crippen LogP contribution in [0.2, 0.25) is 0 Å². The third-order valence-electron chi connectivity index (χ3n) is 2.25. The van der Waals surface area contributed by atoms with E-state index in [1.165, 1.54) is 12.1 Å². The first-order chi connectivity index (χ1) is 9.38. The number of ether oxygens (including phenoxy) is 1. The van der Waals surface area contributed by atoms with E-state index in [1.807, 2.05) is 0 Å². The predicted molar refractivity (Wildman–Crippen MR) is 65.5 cm³/mol. The molecule has 1 rings (SSSR count). The number of alkyl halides is 3. The first kappa shape index (κ1) is 15.7. The van der Waals surface area contributed by atoms with Gasteiger partial charge in [0, 0.05) is 12.1 Å². The van der Waals surface area contributed by atoms with Gasteiger partial charge >= 0.3 is 6.18 Å². The Morgan fingerprint density at radius 3 is 2.65 bits per heavy atom. The topological polar surface area (TPSA) is 55.4 Å². The van der Waals surface area contributed by atoms with Gasteiger partial charge in [-0.3, -0.25) is 9.59 Å². The highest BCUT2D eigenvalue weighted by molar-refractivity contribution is 5.78. The molecule has 1 aromatic carbocycles. The molecule has 0 aliphatic carbocycles. The van der Waals surface area contributed by atoms with Crippen molar-refractivity contribution in [3.63, 3.8) is 0 Å². The second-order valence-corrected chi connectivity index (χ2v) is 3.75. The highest BCUT2D eigenvalue weighted by Crippen LogP contribution is 2.36. The number of halogens is 3. The molecule has 1 aromatic rings. The number of nitrogens with one attached hydrogen (secondary N) is 1. The fourth-order valence-electron chi connectivity index (χ4n) is 1.35. The van der Waals surface area contributed by atoms with Crippen molar-refractivity contribution in [1.82, 2.24) is 5.32 Å². The normalized spacial score (nSPS) is 10.8. The molecule has 0 saturated heterocycles. The molecule has 0 atom stereocenters. The second kappa shape index (κ2) is 6.74. The van der Waals surface area contributed by atoms with Crippen LogP contribution in [-0.4, -0.2) is 25.3 Å². The predicted octanol–water partition coefficient (Wildman–Crippen LogP) is 2.20. The Bertz CT molecular complexity index is 512. The number of amides is 1. The van der Waals surface area contributed by atoms with Crippen LogP contribution >= 0.6 is 0 Å². The lowest BCUT2D eigenvalue weighted by Gasteiger charge is -2.14. The highest BCUT2D eigenvalue weighted by atomic mass is 19.4. The number of rotatable bonds is 6. The Hall–Kier alpha value is -2.31. The third kappa shape index (κ3) is 4.42. The maximum Gasteiger partial charge on any atom is 0.419 e. The van der Waals surface area contributed by atoms with Crippen LogP contribution in [0.15, 0.2) is 30.9 Å². The number of carbonyl (C=O) groups is 2. The maximum atomic E-state index is 12.8. The van der Waals surface area contributed by atoms with Crippen LogP contribution in [0.4, 0.5) is 13.2 Å². The van der Waals surface area contributed by atoms with Gasteiger partial charge in [0.1, 0.15) is 12.0 Å². The van der Waals surface area contributed by atoms with Crippen molar-refractivity contribution in [2.45, 2.75) is 6.18 Å². The lowest BCUT2D eigenvalue weighted by atomic mass is 10.1. The van der Waals surface area contributed by atoms with Crippen LogP contribution in [0.5, 0.6) is 5.75 Å². The lowest BCUT2D eigenvalue weighted by Crippen LogP contribution is -2.29. The van der Waals surface area contributed by atoms with Gasteiger partial charge in [0.2, 0.25) is 0 Å². The third-order valence-corrected chi connectivity index (χ3v) is 2.25. The Labute approximate surface area is 113 Å². The van der Waals surface area contributed by atoms with Gasteiger partial charge in [-0.25, -0.2) is 0 Å². The van der Waals surface area contributed by atoms with Crippen molar-refractivity contribution >= 4 is 12.2 Å². The molecule has 0 aromatic heterocycles. The number of hydrogen-bond acceptors (Lipinski definition) is 3. The second-order valence-electron chi connectivity index (χ2n) is 3.75. The van der Waals surface area contributed by atoms with E-state index in [-0.39, 0.29) is 12.1 Å². The summed E-state index contributed by atoms with van der Waals surface area (Å²) in [6.45, 7) is 3.01. The van der Waals surface area contributed by atoms with Crippen LogP contribution in [0.25, 0.3) is 0 Å². The largest absolute Gasteiger partial charge is 0.483 e. The van der Waals surface area contributed by atoms with E-state index in [4.69, 9.17) is 4.74 Å². The molecule has 1 N–H and O–H groups in total. The van der Waals surface area contributed by atoms with Crippen LogP contribution in [0.1, 0.15) is 15.9 Å². The standard InChI is InChI=1S/C13H12F3NO3/c1-2-5-17-12(19)8-20-11-4-3-9(7-18)6-10(11)13(14,15)16/h2-4,6-7H,1,5,8H2,(H,17,19). The summed E-state index contributed by atoms with van der Waals surface area (Å²) < 4.78 is 43.2. The van der Waals surface area contributed by atoms with Gasteiger partial charge in [0.05, 0.1) is 5.56 Å². The molecule has 1 amide bonds. The SMILES string of the molecule is C=CCNC(=O)COc1ccc(C=O)cc1C(F)(F)F. The molecule has 4 nitrogen and oxygen atoms in total. The number of benzene rings is 1. The summed E-state index contributed by atoms with van der Waals surface area (Å²) in [4.78, 5) is 21.7. The van der Waals surface area contributed by atoms with E-state index in [1.54, 1.807) is 0 Å². The molecule has 0 saturated carbocycles. The monoisotopic (exact) mass is 287 g/mol. The van der Waals surface area contributed by atoms with E-state index in [0.29, 0.717) is 12.4 Å². The van der Waals surface area contributed by atoms with E-state index in [2.05, 4.69) is 11.9 Å². The maximum absolute atomic E-state index is 12.8. The van der Waals surface area contributed by atoms with Crippen molar-refractivity contribution in [2.24, 2.45) is 0 Å². The average molecular weight is 287 g/mol. The Kier molecular flexibility index (Phi) is 5.31. The molecule has 0 radical (unpaired) electrons. The smallest absolute Gasteiger partial charge is 0.419 e. The van der Waals surface area contributed by atoms with Crippen LogP contribution < -0.4 is 10.1 Å². The van der Waals surface area contributed by atoms with E-state index >= 15 is 0 Å². The highest BCUT2D eigenvalue weighted by Gasteiger charge is 2.34. The van der Waals surface area contributed by atoms with Crippen molar-refractivity contribution in [3.8, 4) is 5.75 Å². The molecule has 0 spiro atoms. The summed E-state index contributed by atoms with van der Waals surface area (Å²) in [5.74, 6) is -1.07. The van der Waals surface area contributed by atoms with E-state index in [9.17, 15) is 22.8 Å². The zero-order valence-corrected chi connectivity index (χ0v) is 10.4. The Morgan fingerprint density at radius 1 is 1.40 bits per heavy atom. The fraction of sp³-hybridized carbons (Fsp3) is 0.231. The molecular weight excluding hydrogens is 275 g/mol. The molecule has 0 heterocycles. The molecule has 108 valence electrons. The van der Waals surface area contributed by atoms with Crippen LogP contribution in [-0.2, 0) is 11.0 Å². The van der Waals surface area contributed by atoms with Gasteiger partial charge in [-0.05, 0) is 18.2 Å². The summed E-state index contributed by atoms with van der Waals surface area (Å²) >= 11 is 0. The van der Waals surface area contributed by atoms with Crippen LogP contribution in [0.3, 0.4) is 0 Å². The fourth-order valence-corrected chi connectivity index (χ4v) is 1.35. The van der Waals surface area contributed by atoms with Gasteiger partial charge in [0.15, 0.2) is 6.61 Å². The quantitative estimate of drug-likeness (QED) is 0.644. The van der Waals surface area contributed by atoms with Gasteiger partial charge in [-0.15, -0.1) is 6.58 Å². The van der Waals surface area contributed by atoms with Gasteiger partial charge in [-0.2, -0.15) is 13.2 Å². The van der Waals surface area contributed by atoms with E-state index in [0.717, 1.165) is 6.07 Å².